The van der Waals surface area contributed by atoms with E-state index in [1.54, 1.807) is 4.57 Å². The van der Waals surface area contributed by atoms with Crippen molar-refractivity contribution in [2.45, 2.75) is 31.8 Å². The lowest BCUT2D eigenvalue weighted by atomic mass is 10.2. The van der Waals surface area contributed by atoms with Crippen LogP contribution in [-0.2, 0) is 0 Å². The fraction of sp³-hybridized carbons (Fsp3) is 0.385. The Morgan fingerprint density at radius 3 is 2.76 bits per heavy atom. The van der Waals surface area contributed by atoms with Crippen LogP contribution < -0.4 is 11.3 Å². The van der Waals surface area contributed by atoms with Crippen LogP contribution in [0.15, 0.2) is 29.1 Å². The highest BCUT2D eigenvalue weighted by molar-refractivity contribution is 5.77. The van der Waals surface area contributed by atoms with Crippen LogP contribution in [0.5, 0.6) is 0 Å². The third-order valence-corrected chi connectivity index (χ3v) is 3.15. The zero-order valence-electron chi connectivity index (χ0n) is 9.76. The van der Waals surface area contributed by atoms with E-state index in [1.807, 2.05) is 31.2 Å². The fourth-order valence-corrected chi connectivity index (χ4v) is 2.17. The maximum Gasteiger partial charge on any atom is 0.261 e. The smallest absolute Gasteiger partial charge is 0.261 e. The number of para-hydroxylation sites is 1. The van der Waals surface area contributed by atoms with Gasteiger partial charge in [0.25, 0.3) is 5.56 Å². The number of hydrogen-bond acceptors (Lipinski definition) is 3. The van der Waals surface area contributed by atoms with Crippen LogP contribution in [0.3, 0.4) is 0 Å². The molecule has 1 aromatic heterocycles. The minimum Gasteiger partial charge on any atom is -0.322 e. The van der Waals surface area contributed by atoms with Crippen molar-refractivity contribution in [2.24, 2.45) is 5.73 Å². The highest BCUT2D eigenvalue weighted by Gasteiger charge is 2.29. The lowest BCUT2D eigenvalue weighted by Gasteiger charge is -2.14. The molecule has 88 valence electrons. The van der Waals surface area contributed by atoms with E-state index in [0.717, 1.165) is 18.4 Å². The van der Waals surface area contributed by atoms with Crippen molar-refractivity contribution in [3.05, 3.63) is 40.4 Å². The van der Waals surface area contributed by atoms with Crippen molar-refractivity contribution in [3.8, 4) is 0 Å². The Kier molecular flexibility index (Phi) is 2.26. The molecule has 1 aliphatic carbocycles. The summed E-state index contributed by atoms with van der Waals surface area (Å²) in [7, 11) is 0. The number of nitrogens with two attached hydrogens (primary N) is 1. The summed E-state index contributed by atoms with van der Waals surface area (Å²) in [6.45, 7) is 1.87. The Labute approximate surface area is 99.1 Å². The first-order valence-electron chi connectivity index (χ1n) is 5.95. The van der Waals surface area contributed by atoms with Gasteiger partial charge in [0, 0.05) is 6.04 Å². The Morgan fingerprint density at radius 1 is 1.41 bits per heavy atom. The van der Waals surface area contributed by atoms with Crippen LogP contribution in [0.25, 0.3) is 10.9 Å². The first-order valence-corrected chi connectivity index (χ1v) is 5.95. The molecule has 1 atom stereocenters. The van der Waals surface area contributed by atoms with Gasteiger partial charge in [-0.2, -0.15) is 0 Å². The largest absolute Gasteiger partial charge is 0.322 e. The van der Waals surface area contributed by atoms with Crippen molar-refractivity contribution >= 4 is 10.9 Å². The summed E-state index contributed by atoms with van der Waals surface area (Å²) in [6, 6.07) is 7.54. The number of rotatable bonds is 2. The van der Waals surface area contributed by atoms with E-state index in [-0.39, 0.29) is 11.6 Å². The molecule has 17 heavy (non-hydrogen) atoms. The molecular weight excluding hydrogens is 214 g/mol. The monoisotopic (exact) mass is 229 g/mol. The Balaban J connectivity index is 2.38. The Bertz CT molecular complexity index is 626. The van der Waals surface area contributed by atoms with Crippen LogP contribution in [0.2, 0.25) is 0 Å². The number of aromatic nitrogens is 2. The van der Waals surface area contributed by atoms with E-state index in [9.17, 15) is 4.79 Å². The van der Waals surface area contributed by atoms with Crippen molar-refractivity contribution in [3.63, 3.8) is 0 Å². The number of hydrogen-bond donors (Lipinski definition) is 1. The third-order valence-electron chi connectivity index (χ3n) is 3.15. The fourth-order valence-electron chi connectivity index (χ4n) is 2.17. The summed E-state index contributed by atoms with van der Waals surface area (Å²) in [6.07, 6.45) is 2.11. The predicted molar refractivity (Wildman–Crippen MR) is 66.9 cm³/mol. The quantitative estimate of drug-likeness (QED) is 0.853. The molecule has 2 N–H and O–H groups in total. The molecule has 1 fully saturated rings. The summed E-state index contributed by atoms with van der Waals surface area (Å²) < 4.78 is 1.78. The molecule has 1 aliphatic rings. The summed E-state index contributed by atoms with van der Waals surface area (Å²) >= 11 is 0. The second-order valence-corrected chi connectivity index (χ2v) is 4.68. The molecular formula is C13H15N3O. The van der Waals surface area contributed by atoms with Crippen LogP contribution in [0.4, 0.5) is 0 Å². The van der Waals surface area contributed by atoms with Gasteiger partial charge in [-0.25, -0.2) is 4.98 Å². The van der Waals surface area contributed by atoms with E-state index < -0.39 is 0 Å². The molecule has 0 radical (unpaired) electrons. The number of nitrogens with zero attached hydrogens (tertiary/aromatic N) is 2. The van der Waals surface area contributed by atoms with Gasteiger partial charge in [-0.1, -0.05) is 12.1 Å². The molecule has 4 heteroatoms. The summed E-state index contributed by atoms with van der Waals surface area (Å²) in [5.74, 6) is 0.705. The van der Waals surface area contributed by atoms with Crippen molar-refractivity contribution in [1.82, 2.24) is 9.55 Å². The van der Waals surface area contributed by atoms with Crippen LogP contribution >= 0.6 is 0 Å². The Hall–Kier alpha value is -1.68. The van der Waals surface area contributed by atoms with Gasteiger partial charge < -0.3 is 5.73 Å². The van der Waals surface area contributed by atoms with Gasteiger partial charge >= 0.3 is 0 Å². The first kappa shape index (κ1) is 10.5. The van der Waals surface area contributed by atoms with E-state index >= 15 is 0 Å². The molecule has 0 spiro atoms. The zero-order valence-corrected chi connectivity index (χ0v) is 9.76. The molecule has 0 amide bonds. The normalized spacial score (nSPS) is 17.3. The first-order chi connectivity index (χ1) is 8.18. The van der Waals surface area contributed by atoms with Gasteiger partial charge in [-0.05, 0) is 31.9 Å². The lowest BCUT2D eigenvalue weighted by molar-refractivity contribution is 0.594. The molecule has 0 bridgehead atoms. The van der Waals surface area contributed by atoms with E-state index in [0.29, 0.717) is 17.3 Å². The minimum absolute atomic E-state index is 0.0467. The molecule has 0 unspecified atom stereocenters. The maximum atomic E-state index is 12.4. The topological polar surface area (TPSA) is 60.9 Å². The molecule has 2 aromatic rings. The minimum atomic E-state index is -0.215. The summed E-state index contributed by atoms with van der Waals surface area (Å²) in [5, 5.41) is 0.684. The SMILES string of the molecule is C[C@H](N)c1nc2ccccc2c(=O)n1C1CC1. The predicted octanol–water partition coefficient (Wildman–Crippen LogP) is 1.75. The van der Waals surface area contributed by atoms with Crippen molar-refractivity contribution in [1.29, 1.82) is 0 Å². The van der Waals surface area contributed by atoms with Gasteiger partial charge in [0.1, 0.15) is 5.82 Å². The average Bonchev–Trinajstić information content (AvgIpc) is 3.13. The molecule has 0 aliphatic heterocycles. The van der Waals surface area contributed by atoms with Gasteiger partial charge in [0.2, 0.25) is 0 Å². The maximum absolute atomic E-state index is 12.4. The molecule has 1 aromatic carbocycles. The van der Waals surface area contributed by atoms with Gasteiger partial charge in [0.15, 0.2) is 0 Å². The van der Waals surface area contributed by atoms with Gasteiger partial charge in [-0.3, -0.25) is 9.36 Å². The molecule has 0 saturated heterocycles. The Morgan fingerprint density at radius 2 is 2.12 bits per heavy atom. The molecule has 1 heterocycles. The standard InChI is InChI=1S/C13H15N3O/c1-8(14)12-15-11-5-3-2-4-10(11)13(17)16(12)9-6-7-9/h2-5,8-9H,6-7,14H2,1H3/t8-/m0/s1. The summed E-state index contributed by atoms with van der Waals surface area (Å²) in [4.78, 5) is 16.9. The molecule has 1 saturated carbocycles. The van der Waals surface area contributed by atoms with Gasteiger partial charge in [-0.15, -0.1) is 0 Å². The summed E-state index contributed by atoms with van der Waals surface area (Å²) in [5.41, 5.74) is 6.70. The number of benzene rings is 1. The van der Waals surface area contributed by atoms with Crippen molar-refractivity contribution < 1.29 is 0 Å². The van der Waals surface area contributed by atoms with E-state index in [2.05, 4.69) is 4.98 Å². The van der Waals surface area contributed by atoms with E-state index in [4.69, 9.17) is 5.73 Å². The lowest BCUT2D eigenvalue weighted by Crippen LogP contribution is -2.28. The van der Waals surface area contributed by atoms with Crippen molar-refractivity contribution in [2.75, 3.05) is 0 Å². The van der Waals surface area contributed by atoms with Gasteiger partial charge in [0.05, 0.1) is 16.9 Å². The average molecular weight is 229 g/mol. The molecule has 3 rings (SSSR count). The number of fused-ring (bicyclic) bond motifs is 1. The zero-order chi connectivity index (χ0) is 12.0. The van der Waals surface area contributed by atoms with Crippen LogP contribution in [0.1, 0.15) is 37.7 Å². The van der Waals surface area contributed by atoms with Crippen LogP contribution in [-0.4, -0.2) is 9.55 Å². The highest BCUT2D eigenvalue weighted by atomic mass is 16.1. The second kappa shape index (κ2) is 3.67. The van der Waals surface area contributed by atoms with Crippen LogP contribution in [0, 0.1) is 0 Å². The second-order valence-electron chi connectivity index (χ2n) is 4.68. The molecule has 4 nitrogen and oxygen atoms in total. The third kappa shape index (κ3) is 1.65. The van der Waals surface area contributed by atoms with E-state index in [1.165, 1.54) is 0 Å². The highest BCUT2D eigenvalue weighted by Crippen LogP contribution is 2.35.